The first-order chi connectivity index (χ1) is 39.0. The summed E-state index contributed by atoms with van der Waals surface area (Å²) >= 11 is 0. The number of hydrogen-bond donors (Lipinski definition) is 0. The molecule has 0 spiro atoms. The highest BCUT2D eigenvalue weighted by atomic mass is 31.2. The lowest BCUT2D eigenvalue weighted by atomic mass is 10.0. The third-order valence-corrected chi connectivity index (χ3v) is 15.4. The van der Waals surface area contributed by atoms with E-state index in [1.807, 2.05) is 21.1 Å². The highest BCUT2D eigenvalue weighted by Gasteiger charge is 2.22. The van der Waals surface area contributed by atoms with Gasteiger partial charge in [-0.05, 0) is 70.6 Å². The molecule has 2 unspecified atom stereocenters. The molecule has 2 atom stereocenters. The molecule has 0 amide bonds. The Bertz CT molecular complexity index is 1630. The molecular weight excluding hydrogens is 1010 g/mol. The molecule has 0 radical (unpaired) electrons. The summed E-state index contributed by atoms with van der Waals surface area (Å²) in [5.74, 6) is -0.848. The molecule has 0 rings (SSSR count). The second-order valence-electron chi connectivity index (χ2n) is 23.5. The fraction of sp³-hybridized carbons (Fsp3) is 0.771. The van der Waals surface area contributed by atoms with E-state index in [0.717, 1.165) is 96.3 Å². The van der Waals surface area contributed by atoms with Crippen molar-refractivity contribution in [1.82, 2.24) is 0 Å². The second kappa shape index (κ2) is 60.8. The molecule has 9 nitrogen and oxygen atoms in total. The van der Waals surface area contributed by atoms with Gasteiger partial charge in [0.1, 0.15) is 19.8 Å². The van der Waals surface area contributed by atoms with Crippen LogP contribution in [-0.2, 0) is 32.7 Å². The van der Waals surface area contributed by atoms with Crippen LogP contribution >= 0.6 is 7.82 Å². The topological polar surface area (TPSA) is 111 Å². The standard InChI is InChI=1S/C70H126NO8P/c1-6-8-10-12-14-16-18-20-22-24-26-28-30-32-34-35-37-38-40-42-44-46-48-50-52-54-56-58-60-62-69(72)76-66-68(67-78-80(74,75)77-65-64-71(3,4)5)79-70(73)63-61-59-57-55-53-51-49-47-45-43-41-39-36-33-31-29-27-25-23-21-19-17-15-13-11-9-7-2/h9,11,15,17,21,23,27,29,33,36,41,43,47,49,68H,6-8,10,12-14,16,18-20,22,24-26,28,30-32,34-35,37-40,42,44-46,48,50-67H2,1-5H3/b11-9-,17-15-,23-21-,29-27-,36-33-,43-41-,49-47-. The molecule has 80 heavy (non-hydrogen) atoms. The molecule has 0 heterocycles. The fourth-order valence-electron chi connectivity index (χ4n) is 9.35. The summed E-state index contributed by atoms with van der Waals surface area (Å²) in [7, 11) is 1.15. The minimum absolute atomic E-state index is 0.0377. The quantitative estimate of drug-likeness (QED) is 0.0195. The fourth-order valence-corrected chi connectivity index (χ4v) is 10.1. The summed E-state index contributed by atoms with van der Waals surface area (Å²) < 4.78 is 34.2. The lowest BCUT2D eigenvalue weighted by Gasteiger charge is -2.28. The number of carbonyl (C=O) groups is 2. The highest BCUT2D eigenvalue weighted by molar-refractivity contribution is 7.45. The summed E-state index contributed by atoms with van der Waals surface area (Å²) in [5, 5.41) is 0. The van der Waals surface area contributed by atoms with Gasteiger partial charge < -0.3 is 27.9 Å². The number of allylic oxidation sites excluding steroid dienone is 14. The number of carbonyl (C=O) groups excluding carboxylic acids is 2. The Morgan fingerprint density at radius 3 is 1.06 bits per heavy atom. The average Bonchev–Trinajstić information content (AvgIpc) is 3.42. The zero-order chi connectivity index (χ0) is 58.4. The van der Waals surface area contributed by atoms with Gasteiger partial charge in [0.05, 0.1) is 27.7 Å². The summed E-state index contributed by atoms with van der Waals surface area (Å²) in [5.41, 5.74) is 0. The summed E-state index contributed by atoms with van der Waals surface area (Å²) in [6, 6.07) is 0. The molecule has 0 aliphatic heterocycles. The third-order valence-electron chi connectivity index (χ3n) is 14.4. The minimum Gasteiger partial charge on any atom is -0.756 e. The van der Waals surface area contributed by atoms with Crippen molar-refractivity contribution in [3.63, 3.8) is 0 Å². The van der Waals surface area contributed by atoms with Crippen LogP contribution in [0.2, 0.25) is 0 Å². The molecule has 10 heteroatoms. The van der Waals surface area contributed by atoms with Gasteiger partial charge in [-0.25, -0.2) is 0 Å². The number of esters is 2. The maximum Gasteiger partial charge on any atom is 0.306 e. The summed E-state index contributed by atoms with van der Waals surface area (Å²) in [4.78, 5) is 38.0. The minimum atomic E-state index is -4.65. The maximum absolute atomic E-state index is 12.8. The van der Waals surface area contributed by atoms with Crippen molar-refractivity contribution in [1.29, 1.82) is 0 Å². The molecule has 0 aromatic heterocycles. The van der Waals surface area contributed by atoms with Gasteiger partial charge in [0.25, 0.3) is 7.82 Å². The SMILES string of the molecule is CC/C=C\C/C=C\C/C=C\C/C=C\C/C=C\C/C=C\C/C=C\CCCCCCCC(=O)OC(COC(=O)CCCCCCCCCCCCCCCCCCCCCCCCCCCCCCC)COP(=O)([O-])OCC[N+](C)(C)C. The number of hydrogen-bond acceptors (Lipinski definition) is 8. The van der Waals surface area contributed by atoms with Gasteiger partial charge in [0.15, 0.2) is 6.10 Å². The Kier molecular flexibility index (Phi) is 58.6. The van der Waals surface area contributed by atoms with Gasteiger partial charge in [-0.1, -0.05) is 298 Å². The predicted octanol–water partition coefficient (Wildman–Crippen LogP) is 20.7. The summed E-state index contributed by atoms with van der Waals surface area (Å²) in [6.45, 7) is 4.14. The Balaban J connectivity index is 4.11. The number of ether oxygens (including phenoxy) is 2. The van der Waals surface area contributed by atoms with E-state index in [1.165, 1.54) is 167 Å². The predicted molar refractivity (Wildman–Crippen MR) is 342 cm³/mol. The van der Waals surface area contributed by atoms with Crippen LogP contribution in [0, 0.1) is 0 Å². The van der Waals surface area contributed by atoms with Gasteiger partial charge in [-0.3, -0.25) is 14.2 Å². The third kappa shape index (κ3) is 64.4. The van der Waals surface area contributed by atoms with E-state index < -0.39 is 26.5 Å². The van der Waals surface area contributed by atoms with Crippen molar-refractivity contribution in [2.24, 2.45) is 0 Å². The zero-order valence-electron chi connectivity index (χ0n) is 52.8. The molecule has 464 valence electrons. The van der Waals surface area contributed by atoms with Gasteiger partial charge in [0.2, 0.25) is 0 Å². The number of nitrogens with zero attached hydrogens (tertiary/aromatic N) is 1. The number of likely N-dealkylation sites (N-methyl/N-ethyl adjacent to an activating group) is 1. The number of rotatable bonds is 61. The van der Waals surface area contributed by atoms with Crippen molar-refractivity contribution < 1.29 is 42.1 Å². The number of quaternary nitrogens is 1. The second-order valence-corrected chi connectivity index (χ2v) is 24.9. The van der Waals surface area contributed by atoms with Crippen LogP contribution in [0.5, 0.6) is 0 Å². The van der Waals surface area contributed by atoms with Crippen molar-refractivity contribution >= 4 is 19.8 Å². The largest absolute Gasteiger partial charge is 0.756 e. The lowest BCUT2D eigenvalue weighted by Crippen LogP contribution is -2.37. The van der Waals surface area contributed by atoms with Crippen LogP contribution < -0.4 is 4.89 Å². The van der Waals surface area contributed by atoms with Gasteiger partial charge in [-0.15, -0.1) is 0 Å². The van der Waals surface area contributed by atoms with E-state index in [0.29, 0.717) is 17.4 Å². The number of phosphoric ester groups is 1. The lowest BCUT2D eigenvalue weighted by molar-refractivity contribution is -0.870. The van der Waals surface area contributed by atoms with Crippen molar-refractivity contribution in [2.45, 2.75) is 302 Å². The van der Waals surface area contributed by atoms with Crippen molar-refractivity contribution in [3.05, 3.63) is 85.1 Å². The average molecular weight is 1140 g/mol. The van der Waals surface area contributed by atoms with Crippen LogP contribution in [0.4, 0.5) is 0 Å². The first kappa shape index (κ1) is 77.2. The van der Waals surface area contributed by atoms with Crippen molar-refractivity contribution in [3.8, 4) is 0 Å². The Labute approximate surface area is 494 Å². The molecule has 0 aromatic rings. The van der Waals surface area contributed by atoms with E-state index in [1.54, 1.807) is 0 Å². The van der Waals surface area contributed by atoms with Crippen LogP contribution in [0.1, 0.15) is 296 Å². The molecule has 0 bridgehead atoms. The Hall–Kier alpha value is -2.81. The zero-order valence-corrected chi connectivity index (χ0v) is 53.7. The first-order valence-electron chi connectivity index (χ1n) is 33.3. The number of phosphoric acid groups is 1. The van der Waals surface area contributed by atoms with E-state index in [-0.39, 0.29) is 32.0 Å². The Morgan fingerprint density at radius 2 is 0.713 bits per heavy atom. The molecule has 0 aromatic carbocycles. The normalized spacial score (nSPS) is 13.7. The molecule has 0 N–H and O–H groups in total. The van der Waals surface area contributed by atoms with Crippen LogP contribution in [0.3, 0.4) is 0 Å². The van der Waals surface area contributed by atoms with Crippen molar-refractivity contribution in [2.75, 3.05) is 47.5 Å². The molecular formula is C70H126NO8P. The van der Waals surface area contributed by atoms with E-state index in [9.17, 15) is 19.0 Å². The van der Waals surface area contributed by atoms with Crippen LogP contribution in [-0.4, -0.2) is 70.0 Å². The molecule has 0 saturated carbocycles. The van der Waals surface area contributed by atoms with E-state index in [2.05, 4.69) is 98.9 Å². The number of unbranched alkanes of at least 4 members (excludes halogenated alkanes) is 33. The first-order valence-corrected chi connectivity index (χ1v) is 34.8. The monoisotopic (exact) mass is 1140 g/mol. The molecule has 0 aliphatic rings. The highest BCUT2D eigenvalue weighted by Crippen LogP contribution is 2.38. The maximum atomic E-state index is 12.8. The van der Waals surface area contributed by atoms with E-state index >= 15 is 0 Å². The smallest absolute Gasteiger partial charge is 0.306 e. The summed E-state index contributed by atoms with van der Waals surface area (Å²) in [6.07, 6.45) is 82.3. The molecule has 0 aliphatic carbocycles. The Morgan fingerprint density at radius 1 is 0.400 bits per heavy atom. The van der Waals surface area contributed by atoms with Crippen LogP contribution in [0.15, 0.2) is 85.1 Å². The molecule has 0 saturated heterocycles. The van der Waals surface area contributed by atoms with Gasteiger partial charge in [0, 0.05) is 12.8 Å². The van der Waals surface area contributed by atoms with Crippen LogP contribution in [0.25, 0.3) is 0 Å². The van der Waals surface area contributed by atoms with Gasteiger partial charge >= 0.3 is 11.9 Å². The van der Waals surface area contributed by atoms with Gasteiger partial charge in [-0.2, -0.15) is 0 Å². The molecule has 0 fully saturated rings. The van der Waals surface area contributed by atoms with E-state index in [4.69, 9.17) is 18.5 Å².